The number of carbonyl (C=O) groups is 1. The third kappa shape index (κ3) is 4.99. The van der Waals surface area contributed by atoms with Gasteiger partial charge in [0, 0.05) is 42.8 Å². The highest BCUT2D eigenvalue weighted by Crippen LogP contribution is 2.29. The summed E-state index contributed by atoms with van der Waals surface area (Å²) in [6.07, 6.45) is -0.680. The zero-order valence-electron chi connectivity index (χ0n) is 15.1. The summed E-state index contributed by atoms with van der Waals surface area (Å²) in [6.45, 7) is 4.31. The van der Waals surface area contributed by atoms with Gasteiger partial charge in [-0.05, 0) is 62.1 Å². The van der Waals surface area contributed by atoms with Crippen molar-refractivity contribution >= 4 is 11.6 Å². The summed E-state index contributed by atoms with van der Waals surface area (Å²) in [5.74, 6) is 0.0264. The Balaban J connectivity index is 1.48. The lowest BCUT2D eigenvalue weighted by atomic mass is 9.96. The molecule has 27 heavy (non-hydrogen) atoms. The molecule has 0 bridgehead atoms. The molecule has 4 nitrogen and oxygen atoms in total. The molecule has 1 amide bonds. The van der Waals surface area contributed by atoms with Crippen LogP contribution in [0.25, 0.3) is 0 Å². The van der Waals surface area contributed by atoms with Gasteiger partial charge in [0.05, 0.1) is 5.56 Å². The lowest BCUT2D eigenvalue weighted by Crippen LogP contribution is -2.38. The molecule has 1 saturated heterocycles. The Morgan fingerprint density at radius 3 is 2.44 bits per heavy atom. The van der Waals surface area contributed by atoms with Crippen LogP contribution in [0.2, 0.25) is 0 Å². The molecule has 3 rings (SSSR count). The molecule has 1 N–H and O–H groups in total. The first-order valence-corrected chi connectivity index (χ1v) is 8.96. The minimum Gasteiger partial charge on any atom is -0.371 e. The Bertz CT molecular complexity index is 782. The predicted molar refractivity (Wildman–Crippen MR) is 97.7 cm³/mol. The SMILES string of the molecule is Cc1cc(N2CCC(CNC(=O)c3ccc(C(F)(F)F)cc3)CC2)ccn1. The molecule has 0 saturated carbocycles. The molecule has 0 unspecified atom stereocenters. The molecule has 0 radical (unpaired) electrons. The minimum atomic E-state index is -4.39. The normalized spacial score (nSPS) is 15.6. The first-order chi connectivity index (χ1) is 12.8. The smallest absolute Gasteiger partial charge is 0.371 e. The lowest BCUT2D eigenvalue weighted by molar-refractivity contribution is -0.137. The second-order valence-corrected chi connectivity index (χ2v) is 6.87. The Morgan fingerprint density at radius 1 is 1.19 bits per heavy atom. The molecule has 0 spiro atoms. The second-order valence-electron chi connectivity index (χ2n) is 6.87. The maximum Gasteiger partial charge on any atom is 0.416 e. The Kier molecular flexibility index (Phi) is 5.68. The van der Waals surface area contributed by atoms with E-state index in [1.807, 2.05) is 13.0 Å². The minimum absolute atomic E-state index is 0.243. The average Bonchev–Trinajstić information content (AvgIpc) is 2.66. The molecule has 1 aromatic heterocycles. The van der Waals surface area contributed by atoms with E-state index >= 15 is 0 Å². The highest BCUT2D eigenvalue weighted by atomic mass is 19.4. The fraction of sp³-hybridized carbons (Fsp3) is 0.400. The third-order valence-corrected chi connectivity index (χ3v) is 4.89. The molecule has 7 heteroatoms. The Labute approximate surface area is 156 Å². The lowest BCUT2D eigenvalue weighted by Gasteiger charge is -2.33. The molecule has 2 aromatic rings. The summed E-state index contributed by atoms with van der Waals surface area (Å²) in [7, 11) is 0. The number of amides is 1. The molecular formula is C20H22F3N3O. The maximum atomic E-state index is 12.6. The zero-order valence-corrected chi connectivity index (χ0v) is 15.1. The van der Waals surface area contributed by atoms with E-state index in [4.69, 9.17) is 0 Å². The summed E-state index contributed by atoms with van der Waals surface area (Å²) in [5.41, 5.74) is 1.64. The molecule has 1 aromatic carbocycles. The van der Waals surface area contributed by atoms with Gasteiger partial charge in [0.2, 0.25) is 0 Å². The van der Waals surface area contributed by atoms with E-state index in [9.17, 15) is 18.0 Å². The number of alkyl halides is 3. The summed E-state index contributed by atoms with van der Waals surface area (Å²) < 4.78 is 37.7. The van der Waals surface area contributed by atoms with E-state index in [2.05, 4.69) is 21.3 Å². The van der Waals surface area contributed by atoms with Gasteiger partial charge in [-0.25, -0.2) is 0 Å². The number of benzene rings is 1. The topological polar surface area (TPSA) is 45.2 Å². The quantitative estimate of drug-likeness (QED) is 0.874. The van der Waals surface area contributed by atoms with Gasteiger partial charge in [-0.2, -0.15) is 13.2 Å². The molecule has 1 aliphatic rings. The van der Waals surface area contributed by atoms with Crippen LogP contribution in [-0.4, -0.2) is 30.5 Å². The van der Waals surface area contributed by atoms with Crippen LogP contribution in [0.3, 0.4) is 0 Å². The number of nitrogens with zero attached hydrogens (tertiary/aromatic N) is 2. The van der Waals surface area contributed by atoms with Gasteiger partial charge in [-0.3, -0.25) is 9.78 Å². The molecular weight excluding hydrogens is 355 g/mol. The van der Waals surface area contributed by atoms with Crippen LogP contribution in [0.4, 0.5) is 18.9 Å². The predicted octanol–water partition coefficient (Wildman–Crippen LogP) is 4.06. The van der Waals surface area contributed by atoms with Gasteiger partial charge in [-0.15, -0.1) is 0 Å². The van der Waals surface area contributed by atoms with Crippen molar-refractivity contribution in [1.29, 1.82) is 0 Å². The number of piperidine rings is 1. The molecule has 0 aliphatic carbocycles. The van der Waals surface area contributed by atoms with E-state index in [1.165, 1.54) is 12.1 Å². The first-order valence-electron chi connectivity index (χ1n) is 8.96. The number of aryl methyl sites for hydroxylation is 1. The van der Waals surface area contributed by atoms with Crippen LogP contribution in [0, 0.1) is 12.8 Å². The molecule has 1 fully saturated rings. The van der Waals surface area contributed by atoms with Crippen LogP contribution < -0.4 is 10.2 Å². The van der Waals surface area contributed by atoms with Gasteiger partial charge >= 0.3 is 6.18 Å². The number of nitrogens with one attached hydrogen (secondary N) is 1. The summed E-state index contributed by atoms with van der Waals surface area (Å²) >= 11 is 0. The maximum absolute atomic E-state index is 12.6. The van der Waals surface area contributed by atoms with Gasteiger partial charge in [0.15, 0.2) is 0 Å². The number of anilines is 1. The number of hydrogen-bond acceptors (Lipinski definition) is 3. The van der Waals surface area contributed by atoms with E-state index in [1.54, 1.807) is 6.20 Å². The summed E-state index contributed by atoms with van der Waals surface area (Å²) in [5, 5.41) is 2.84. The van der Waals surface area contributed by atoms with E-state index < -0.39 is 11.7 Å². The van der Waals surface area contributed by atoms with Crippen molar-refractivity contribution in [2.75, 3.05) is 24.5 Å². The Morgan fingerprint density at radius 2 is 1.85 bits per heavy atom. The zero-order chi connectivity index (χ0) is 19.4. The number of carbonyl (C=O) groups excluding carboxylic acids is 1. The molecule has 144 valence electrons. The number of aromatic nitrogens is 1. The first kappa shape index (κ1) is 19.2. The number of halogens is 3. The fourth-order valence-electron chi connectivity index (χ4n) is 3.27. The van der Waals surface area contributed by atoms with Crippen molar-refractivity contribution in [3.05, 3.63) is 59.4 Å². The van der Waals surface area contributed by atoms with E-state index in [0.29, 0.717) is 12.5 Å². The molecule has 1 aliphatic heterocycles. The molecule has 2 heterocycles. The number of pyridine rings is 1. The summed E-state index contributed by atoms with van der Waals surface area (Å²) in [6, 6.07) is 8.36. The van der Waals surface area contributed by atoms with Gasteiger partial charge < -0.3 is 10.2 Å². The number of rotatable bonds is 4. The van der Waals surface area contributed by atoms with Crippen LogP contribution >= 0.6 is 0 Å². The fourth-order valence-corrected chi connectivity index (χ4v) is 3.27. The third-order valence-electron chi connectivity index (χ3n) is 4.89. The van der Waals surface area contributed by atoms with Gasteiger partial charge in [-0.1, -0.05) is 0 Å². The van der Waals surface area contributed by atoms with Crippen molar-refractivity contribution in [3.63, 3.8) is 0 Å². The number of hydrogen-bond donors (Lipinski definition) is 1. The van der Waals surface area contributed by atoms with Crippen LogP contribution in [0.1, 0.15) is 34.5 Å². The second kappa shape index (κ2) is 7.98. The van der Waals surface area contributed by atoms with Crippen LogP contribution in [0.5, 0.6) is 0 Å². The van der Waals surface area contributed by atoms with Gasteiger partial charge in [0.1, 0.15) is 0 Å². The highest BCUT2D eigenvalue weighted by Gasteiger charge is 2.30. The highest BCUT2D eigenvalue weighted by molar-refractivity contribution is 5.94. The monoisotopic (exact) mass is 377 g/mol. The van der Waals surface area contributed by atoms with Gasteiger partial charge in [0.25, 0.3) is 5.91 Å². The van der Waals surface area contributed by atoms with Crippen molar-refractivity contribution in [1.82, 2.24) is 10.3 Å². The van der Waals surface area contributed by atoms with Crippen LogP contribution in [-0.2, 0) is 6.18 Å². The van der Waals surface area contributed by atoms with E-state index in [0.717, 1.165) is 49.4 Å². The van der Waals surface area contributed by atoms with Crippen molar-refractivity contribution in [3.8, 4) is 0 Å². The van der Waals surface area contributed by atoms with Crippen molar-refractivity contribution in [2.45, 2.75) is 25.9 Å². The standard InChI is InChI=1S/C20H22F3N3O/c1-14-12-18(6-9-24-14)26-10-7-15(8-11-26)13-25-19(27)16-2-4-17(5-3-16)20(21,22)23/h2-6,9,12,15H,7-8,10-11,13H2,1H3,(H,25,27). The van der Waals surface area contributed by atoms with E-state index in [-0.39, 0.29) is 11.5 Å². The van der Waals surface area contributed by atoms with Crippen molar-refractivity contribution in [2.24, 2.45) is 5.92 Å². The average molecular weight is 377 g/mol. The summed E-state index contributed by atoms with van der Waals surface area (Å²) in [4.78, 5) is 18.7. The largest absolute Gasteiger partial charge is 0.416 e. The van der Waals surface area contributed by atoms with Crippen molar-refractivity contribution < 1.29 is 18.0 Å². The Hall–Kier alpha value is -2.57. The van der Waals surface area contributed by atoms with Crippen LogP contribution in [0.15, 0.2) is 42.6 Å². The molecule has 0 atom stereocenters.